The second-order valence-electron chi connectivity index (χ2n) is 7.36. The molecule has 0 radical (unpaired) electrons. The highest BCUT2D eigenvalue weighted by atomic mass is 16.3. The minimum atomic E-state index is -0.422. The van der Waals surface area contributed by atoms with E-state index >= 15 is 0 Å². The predicted octanol–water partition coefficient (Wildman–Crippen LogP) is 2.66. The molecule has 1 unspecified atom stereocenters. The van der Waals surface area contributed by atoms with E-state index in [-0.39, 0.29) is 11.9 Å². The summed E-state index contributed by atoms with van der Waals surface area (Å²) >= 11 is 0. The molecule has 1 saturated carbocycles. The summed E-state index contributed by atoms with van der Waals surface area (Å²) in [5.41, 5.74) is 2.77. The number of nitrogens with one attached hydrogen (secondary N) is 1. The standard InChI is InChI=1S/C20H30N2O2/c1-15(23)13-21-14-19(24)22-12-11-16-7-5-6-10-18(16)20(22)17-8-3-2-4-9-17/h5-7,10,15,17,20-21,23H,2-4,8-9,11-14H2,1H3/t15?,20-/m0/s1. The van der Waals surface area contributed by atoms with Crippen LogP contribution in [0.3, 0.4) is 0 Å². The number of fused-ring (bicyclic) bond motifs is 1. The van der Waals surface area contributed by atoms with Crippen molar-refractivity contribution in [2.24, 2.45) is 5.92 Å². The van der Waals surface area contributed by atoms with Crippen LogP contribution >= 0.6 is 0 Å². The summed E-state index contributed by atoms with van der Waals surface area (Å²) in [6.45, 7) is 3.33. The molecular formula is C20H30N2O2. The van der Waals surface area contributed by atoms with Crippen LogP contribution in [0.1, 0.15) is 56.2 Å². The van der Waals surface area contributed by atoms with Crippen LogP contribution in [0.25, 0.3) is 0 Å². The van der Waals surface area contributed by atoms with Gasteiger partial charge in [0.05, 0.1) is 18.7 Å². The van der Waals surface area contributed by atoms with Crippen molar-refractivity contribution >= 4 is 5.91 Å². The first-order valence-corrected chi connectivity index (χ1v) is 9.43. The van der Waals surface area contributed by atoms with Gasteiger partial charge in [-0.05, 0) is 43.2 Å². The molecule has 1 aromatic rings. The minimum Gasteiger partial charge on any atom is -0.392 e. The van der Waals surface area contributed by atoms with E-state index in [9.17, 15) is 9.90 Å². The Kier molecular flexibility index (Phi) is 5.90. The van der Waals surface area contributed by atoms with Crippen LogP contribution in [0, 0.1) is 5.92 Å². The SMILES string of the molecule is CC(O)CNCC(=O)N1CCc2ccccc2[C@@H]1C1CCCCC1. The summed E-state index contributed by atoms with van der Waals surface area (Å²) in [5.74, 6) is 0.752. The summed E-state index contributed by atoms with van der Waals surface area (Å²) < 4.78 is 0. The largest absolute Gasteiger partial charge is 0.392 e. The number of carbonyl (C=O) groups excluding carboxylic acids is 1. The van der Waals surface area contributed by atoms with Crippen LogP contribution in [0.4, 0.5) is 0 Å². The van der Waals surface area contributed by atoms with Gasteiger partial charge in [-0.2, -0.15) is 0 Å². The van der Waals surface area contributed by atoms with E-state index in [1.165, 1.54) is 43.2 Å². The van der Waals surface area contributed by atoms with Crippen molar-refractivity contribution in [2.75, 3.05) is 19.6 Å². The number of benzene rings is 1. The summed E-state index contributed by atoms with van der Waals surface area (Å²) in [4.78, 5) is 14.9. The molecule has 1 aromatic carbocycles. The summed E-state index contributed by atoms with van der Waals surface area (Å²) in [6.07, 6.45) is 6.87. The number of rotatable bonds is 5. The Morgan fingerprint density at radius 2 is 2.04 bits per heavy atom. The number of aliphatic hydroxyl groups excluding tert-OH is 1. The fraction of sp³-hybridized carbons (Fsp3) is 0.650. The molecule has 1 heterocycles. The Morgan fingerprint density at radius 3 is 2.79 bits per heavy atom. The topological polar surface area (TPSA) is 52.6 Å². The molecule has 0 bridgehead atoms. The van der Waals surface area contributed by atoms with Crippen molar-refractivity contribution in [2.45, 2.75) is 57.6 Å². The van der Waals surface area contributed by atoms with Crippen molar-refractivity contribution in [3.8, 4) is 0 Å². The van der Waals surface area contributed by atoms with Crippen molar-refractivity contribution in [1.29, 1.82) is 0 Å². The highest BCUT2D eigenvalue weighted by Crippen LogP contribution is 2.41. The Balaban J connectivity index is 1.78. The molecular weight excluding hydrogens is 300 g/mol. The molecule has 2 aliphatic rings. The van der Waals surface area contributed by atoms with Gasteiger partial charge >= 0.3 is 0 Å². The Morgan fingerprint density at radius 1 is 1.29 bits per heavy atom. The predicted molar refractivity (Wildman–Crippen MR) is 95.7 cm³/mol. The number of amides is 1. The molecule has 0 aromatic heterocycles. The maximum absolute atomic E-state index is 12.8. The van der Waals surface area contributed by atoms with E-state index in [4.69, 9.17) is 0 Å². The zero-order valence-corrected chi connectivity index (χ0v) is 14.7. The van der Waals surface area contributed by atoms with E-state index in [1.807, 2.05) is 0 Å². The number of nitrogens with zero attached hydrogens (tertiary/aromatic N) is 1. The zero-order chi connectivity index (χ0) is 16.9. The third-order valence-electron chi connectivity index (χ3n) is 5.46. The van der Waals surface area contributed by atoms with Crippen molar-refractivity contribution in [1.82, 2.24) is 10.2 Å². The molecule has 4 nitrogen and oxygen atoms in total. The van der Waals surface area contributed by atoms with Gasteiger partial charge in [0.25, 0.3) is 0 Å². The lowest BCUT2D eigenvalue weighted by Gasteiger charge is -2.43. The van der Waals surface area contributed by atoms with E-state index in [0.717, 1.165) is 13.0 Å². The molecule has 1 amide bonds. The van der Waals surface area contributed by atoms with E-state index in [0.29, 0.717) is 19.0 Å². The Bertz CT molecular complexity index is 552. The first-order valence-electron chi connectivity index (χ1n) is 9.43. The third-order valence-corrected chi connectivity index (χ3v) is 5.46. The molecule has 0 saturated heterocycles. The van der Waals surface area contributed by atoms with E-state index < -0.39 is 6.10 Å². The molecule has 3 rings (SSSR count). The molecule has 132 valence electrons. The van der Waals surface area contributed by atoms with Crippen LogP contribution in [0.15, 0.2) is 24.3 Å². The van der Waals surface area contributed by atoms with Gasteiger partial charge in [0, 0.05) is 13.1 Å². The first kappa shape index (κ1) is 17.4. The number of aliphatic hydroxyl groups is 1. The van der Waals surface area contributed by atoms with Gasteiger partial charge in [-0.25, -0.2) is 0 Å². The van der Waals surface area contributed by atoms with Crippen LogP contribution in [0.5, 0.6) is 0 Å². The Hall–Kier alpha value is -1.39. The molecule has 1 aliphatic heterocycles. The number of hydrogen-bond acceptors (Lipinski definition) is 3. The smallest absolute Gasteiger partial charge is 0.237 e. The van der Waals surface area contributed by atoms with E-state index in [2.05, 4.69) is 34.5 Å². The molecule has 2 N–H and O–H groups in total. The average Bonchev–Trinajstić information content (AvgIpc) is 2.61. The highest BCUT2D eigenvalue weighted by molar-refractivity contribution is 5.79. The van der Waals surface area contributed by atoms with Gasteiger partial charge in [-0.3, -0.25) is 4.79 Å². The lowest BCUT2D eigenvalue weighted by atomic mass is 9.77. The molecule has 2 atom stereocenters. The highest BCUT2D eigenvalue weighted by Gasteiger charge is 2.36. The third kappa shape index (κ3) is 3.98. The average molecular weight is 330 g/mol. The summed E-state index contributed by atoms with van der Waals surface area (Å²) in [6, 6.07) is 8.89. The van der Waals surface area contributed by atoms with Crippen molar-refractivity contribution < 1.29 is 9.90 Å². The number of hydrogen-bond donors (Lipinski definition) is 2. The maximum atomic E-state index is 12.8. The van der Waals surface area contributed by atoms with Crippen LogP contribution < -0.4 is 5.32 Å². The Labute approximate surface area is 145 Å². The monoisotopic (exact) mass is 330 g/mol. The van der Waals surface area contributed by atoms with Crippen LogP contribution in [-0.4, -0.2) is 41.7 Å². The summed E-state index contributed by atoms with van der Waals surface area (Å²) in [5, 5.41) is 12.5. The maximum Gasteiger partial charge on any atom is 0.237 e. The molecule has 1 aliphatic carbocycles. The van der Waals surface area contributed by atoms with Crippen molar-refractivity contribution in [3.05, 3.63) is 35.4 Å². The van der Waals surface area contributed by atoms with Gasteiger partial charge in [0.15, 0.2) is 0 Å². The fourth-order valence-electron chi connectivity index (χ4n) is 4.33. The number of carbonyl (C=O) groups is 1. The first-order chi connectivity index (χ1) is 11.7. The van der Waals surface area contributed by atoms with E-state index in [1.54, 1.807) is 6.92 Å². The fourth-order valence-corrected chi connectivity index (χ4v) is 4.33. The molecule has 24 heavy (non-hydrogen) atoms. The normalized spacial score (nSPS) is 22.9. The van der Waals surface area contributed by atoms with Crippen molar-refractivity contribution in [3.63, 3.8) is 0 Å². The summed E-state index contributed by atoms with van der Waals surface area (Å²) in [7, 11) is 0. The lowest BCUT2D eigenvalue weighted by molar-refractivity contribution is -0.134. The molecule has 4 heteroatoms. The molecule has 1 fully saturated rings. The van der Waals surface area contributed by atoms with Gasteiger partial charge in [0.2, 0.25) is 5.91 Å². The second kappa shape index (κ2) is 8.13. The van der Waals surface area contributed by atoms with Crippen LogP contribution in [0.2, 0.25) is 0 Å². The quantitative estimate of drug-likeness (QED) is 0.873. The zero-order valence-electron chi connectivity index (χ0n) is 14.7. The second-order valence-corrected chi connectivity index (χ2v) is 7.36. The molecule has 0 spiro atoms. The van der Waals surface area contributed by atoms with Crippen LogP contribution in [-0.2, 0) is 11.2 Å². The van der Waals surface area contributed by atoms with Gasteiger partial charge in [-0.15, -0.1) is 0 Å². The minimum absolute atomic E-state index is 0.167. The van der Waals surface area contributed by atoms with Gasteiger partial charge < -0.3 is 15.3 Å². The van der Waals surface area contributed by atoms with Gasteiger partial charge in [0.1, 0.15) is 0 Å². The van der Waals surface area contributed by atoms with Gasteiger partial charge in [-0.1, -0.05) is 43.5 Å². The lowest BCUT2D eigenvalue weighted by Crippen LogP contribution is -2.47.